The molecule has 169 valence electrons. The fourth-order valence-electron chi connectivity index (χ4n) is 3.80. The maximum absolute atomic E-state index is 13.1. The molecule has 1 aromatic carbocycles. The molecule has 3 aromatic rings. The SMILES string of the molecule is Cc1cnc(CN2CCn3c(nc(C(=O)NCc4ccc(F)cc4)c(O)c3=O)C2(C)C)o1.[Li]. The molecule has 1 aliphatic heterocycles. The quantitative estimate of drug-likeness (QED) is 0.571. The first-order valence-electron chi connectivity index (χ1n) is 10.2. The topological polar surface area (TPSA) is 113 Å². The van der Waals surface area contributed by atoms with Gasteiger partial charge in [-0.15, -0.1) is 0 Å². The molecular weight excluding hydrogens is 424 g/mol. The Morgan fingerprint density at radius 2 is 1.97 bits per heavy atom. The second-order valence-electron chi connectivity index (χ2n) is 8.24. The van der Waals surface area contributed by atoms with Crippen LogP contribution in [0.2, 0.25) is 0 Å². The fraction of sp³-hybridized carbons (Fsp3) is 0.364. The van der Waals surface area contributed by atoms with Gasteiger partial charge in [0.25, 0.3) is 11.5 Å². The largest absolute Gasteiger partial charge is 0.501 e. The molecule has 0 fully saturated rings. The van der Waals surface area contributed by atoms with E-state index in [0.29, 0.717) is 42.7 Å². The third-order valence-corrected chi connectivity index (χ3v) is 5.65. The number of amides is 1. The summed E-state index contributed by atoms with van der Waals surface area (Å²) >= 11 is 0. The number of oxazole rings is 1. The first kappa shape index (κ1) is 24.7. The Morgan fingerprint density at radius 3 is 2.61 bits per heavy atom. The summed E-state index contributed by atoms with van der Waals surface area (Å²) in [5, 5.41) is 13.0. The summed E-state index contributed by atoms with van der Waals surface area (Å²) in [4.78, 5) is 36.2. The van der Waals surface area contributed by atoms with Crippen LogP contribution in [0.15, 0.2) is 39.7 Å². The smallest absolute Gasteiger partial charge is 0.296 e. The van der Waals surface area contributed by atoms with Crippen molar-refractivity contribution >= 4 is 24.8 Å². The van der Waals surface area contributed by atoms with Crippen molar-refractivity contribution in [1.82, 2.24) is 24.8 Å². The minimum atomic E-state index is -0.737. The molecule has 0 bridgehead atoms. The summed E-state index contributed by atoms with van der Waals surface area (Å²) in [7, 11) is 0. The Kier molecular flexibility index (Phi) is 7.12. The van der Waals surface area contributed by atoms with Crippen LogP contribution in [-0.2, 0) is 25.2 Å². The zero-order chi connectivity index (χ0) is 23.0. The molecule has 9 nitrogen and oxygen atoms in total. The van der Waals surface area contributed by atoms with Crippen molar-refractivity contribution in [3.63, 3.8) is 0 Å². The molecule has 0 atom stereocenters. The van der Waals surface area contributed by atoms with Crippen LogP contribution in [0.1, 0.15) is 47.4 Å². The number of aromatic hydroxyl groups is 1. The molecule has 2 N–H and O–H groups in total. The maximum Gasteiger partial charge on any atom is 0.296 e. The van der Waals surface area contributed by atoms with Crippen molar-refractivity contribution < 1.29 is 18.7 Å². The molecule has 33 heavy (non-hydrogen) atoms. The fourth-order valence-corrected chi connectivity index (χ4v) is 3.80. The summed E-state index contributed by atoms with van der Waals surface area (Å²) in [5.41, 5.74) is -1.08. The minimum absolute atomic E-state index is 0. The van der Waals surface area contributed by atoms with Crippen LogP contribution >= 0.6 is 0 Å². The van der Waals surface area contributed by atoms with Crippen LogP contribution in [0.25, 0.3) is 0 Å². The first-order valence-corrected chi connectivity index (χ1v) is 10.2. The number of hydrogen-bond donors (Lipinski definition) is 2. The zero-order valence-corrected chi connectivity index (χ0v) is 19.1. The third kappa shape index (κ3) is 4.88. The minimum Gasteiger partial charge on any atom is -0.501 e. The average molecular weight is 448 g/mol. The number of carbonyl (C=O) groups excluding carboxylic acids is 1. The summed E-state index contributed by atoms with van der Waals surface area (Å²) in [6.45, 7) is 6.90. The molecule has 1 amide bonds. The number of aromatic nitrogens is 3. The van der Waals surface area contributed by atoms with Crippen molar-refractivity contribution in [1.29, 1.82) is 0 Å². The van der Waals surface area contributed by atoms with Gasteiger partial charge in [0.2, 0.25) is 11.6 Å². The van der Waals surface area contributed by atoms with Crippen LogP contribution in [0.5, 0.6) is 5.75 Å². The van der Waals surface area contributed by atoms with Gasteiger partial charge in [0.05, 0.1) is 18.3 Å². The van der Waals surface area contributed by atoms with Crippen molar-refractivity contribution in [2.24, 2.45) is 0 Å². The van der Waals surface area contributed by atoms with Gasteiger partial charge in [-0.3, -0.25) is 19.1 Å². The standard InChI is InChI=1S/C22H24FN5O4.Li/c1-13-10-24-16(32-13)12-27-8-9-28-20(31)18(29)17(26-21(28)22(27,2)3)19(30)25-11-14-4-6-15(23)7-5-14;/h4-7,10,29H,8-9,11-12H2,1-3H3,(H,25,30);. The van der Waals surface area contributed by atoms with E-state index in [9.17, 15) is 19.1 Å². The predicted octanol–water partition coefficient (Wildman–Crippen LogP) is 1.68. The van der Waals surface area contributed by atoms with E-state index in [1.54, 1.807) is 6.20 Å². The maximum atomic E-state index is 13.1. The summed E-state index contributed by atoms with van der Waals surface area (Å²) in [5.74, 6) is -0.158. The Hall–Kier alpha value is -2.93. The number of rotatable bonds is 5. The Labute approximate surface area is 201 Å². The number of nitrogens with zero attached hydrogens (tertiary/aromatic N) is 4. The average Bonchev–Trinajstić information content (AvgIpc) is 3.16. The van der Waals surface area contributed by atoms with Gasteiger partial charge in [-0.25, -0.2) is 14.4 Å². The molecule has 1 aliphatic rings. The van der Waals surface area contributed by atoms with E-state index in [-0.39, 0.29) is 36.9 Å². The van der Waals surface area contributed by atoms with Crippen LogP contribution in [0, 0.1) is 12.7 Å². The van der Waals surface area contributed by atoms with Gasteiger partial charge < -0.3 is 14.8 Å². The van der Waals surface area contributed by atoms with E-state index in [1.165, 1.54) is 28.8 Å². The third-order valence-electron chi connectivity index (χ3n) is 5.65. The van der Waals surface area contributed by atoms with Gasteiger partial charge >= 0.3 is 0 Å². The van der Waals surface area contributed by atoms with Crippen molar-refractivity contribution in [2.45, 2.75) is 45.9 Å². The van der Waals surface area contributed by atoms with Gasteiger partial charge in [-0.1, -0.05) is 12.1 Å². The molecule has 11 heteroatoms. The Morgan fingerprint density at radius 1 is 1.27 bits per heavy atom. The number of carbonyl (C=O) groups is 1. The van der Waals surface area contributed by atoms with Gasteiger partial charge in [-0.05, 0) is 38.5 Å². The van der Waals surface area contributed by atoms with Crippen molar-refractivity contribution in [3.05, 3.63) is 75.4 Å². The van der Waals surface area contributed by atoms with Crippen LogP contribution in [0.4, 0.5) is 4.39 Å². The van der Waals surface area contributed by atoms with E-state index in [0.717, 1.165) is 0 Å². The molecule has 4 rings (SSSR count). The number of nitrogens with one attached hydrogen (secondary N) is 1. The van der Waals surface area contributed by atoms with Crippen molar-refractivity contribution in [2.75, 3.05) is 6.54 Å². The molecule has 0 saturated carbocycles. The number of fused-ring (bicyclic) bond motifs is 1. The first-order chi connectivity index (χ1) is 15.2. The molecule has 0 spiro atoms. The van der Waals surface area contributed by atoms with Gasteiger partial charge in [0.15, 0.2) is 5.69 Å². The molecule has 2 aromatic heterocycles. The zero-order valence-electron chi connectivity index (χ0n) is 19.1. The number of halogens is 1. The molecule has 0 saturated heterocycles. The van der Waals surface area contributed by atoms with E-state index < -0.39 is 22.8 Å². The van der Waals surface area contributed by atoms with Gasteiger partial charge in [-0.2, -0.15) is 0 Å². The van der Waals surface area contributed by atoms with Crippen LogP contribution in [-0.4, -0.2) is 55.9 Å². The second-order valence-corrected chi connectivity index (χ2v) is 8.24. The van der Waals surface area contributed by atoms with Crippen molar-refractivity contribution in [3.8, 4) is 5.75 Å². The summed E-state index contributed by atoms with van der Waals surface area (Å²) in [6, 6.07) is 5.65. The predicted molar refractivity (Wildman–Crippen MR) is 118 cm³/mol. The van der Waals surface area contributed by atoms with Crippen LogP contribution < -0.4 is 10.9 Å². The second kappa shape index (κ2) is 9.51. The number of aryl methyl sites for hydroxylation is 1. The molecule has 0 unspecified atom stereocenters. The van der Waals surface area contributed by atoms with Gasteiger partial charge in [0.1, 0.15) is 17.4 Å². The van der Waals surface area contributed by atoms with Crippen LogP contribution in [0.3, 0.4) is 0 Å². The summed E-state index contributed by atoms with van der Waals surface area (Å²) < 4.78 is 20.0. The number of hydrogen-bond acceptors (Lipinski definition) is 7. The molecular formula is C22H24FLiN5O4. The van der Waals surface area contributed by atoms with E-state index in [2.05, 4.69) is 20.2 Å². The Bertz CT molecular complexity index is 1220. The van der Waals surface area contributed by atoms with E-state index in [1.807, 2.05) is 20.8 Å². The summed E-state index contributed by atoms with van der Waals surface area (Å²) in [6.07, 6.45) is 1.64. The normalized spacial score (nSPS) is 14.9. The molecule has 1 radical (unpaired) electrons. The monoisotopic (exact) mass is 448 g/mol. The molecule has 3 heterocycles. The molecule has 0 aliphatic carbocycles. The number of benzene rings is 1. The Balaban J connectivity index is 0.00000306. The van der Waals surface area contributed by atoms with E-state index >= 15 is 0 Å². The van der Waals surface area contributed by atoms with Gasteiger partial charge in [0, 0.05) is 38.5 Å². The van der Waals surface area contributed by atoms with E-state index in [4.69, 9.17) is 4.42 Å².